The van der Waals surface area contributed by atoms with Gasteiger partial charge in [-0.05, 0) is 33.6 Å². The summed E-state index contributed by atoms with van der Waals surface area (Å²) in [6.45, 7) is 10.7. The van der Waals surface area contributed by atoms with Crippen LogP contribution in [-0.4, -0.2) is 61.3 Å². The van der Waals surface area contributed by atoms with Crippen LogP contribution in [0.5, 0.6) is 0 Å². The lowest BCUT2D eigenvalue weighted by atomic mass is 9.99. The molecule has 0 spiro atoms. The highest BCUT2D eigenvalue weighted by molar-refractivity contribution is 5.85. The highest BCUT2D eigenvalue weighted by Crippen LogP contribution is 2.19. The number of nitrogens with one attached hydrogen (secondary N) is 2. The first-order valence-electron chi connectivity index (χ1n) is 7.40. The van der Waals surface area contributed by atoms with E-state index in [1.165, 1.54) is 0 Å². The molecule has 5 nitrogen and oxygen atoms in total. The van der Waals surface area contributed by atoms with E-state index in [9.17, 15) is 4.79 Å². The monoisotopic (exact) mass is 269 g/mol. The van der Waals surface area contributed by atoms with Crippen LogP contribution in [0, 0.1) is 0 Å². The second kappa shape index (κ2) is 6.20. The smallest absolute Gasteiger partial charge is 0.240 e. The highest BCUT2D eigenvalue weighted by Gasteiger charge is 2.36. The molecule has 2 aliphatic rings. The van der Waals surface area contributed by atoms with Crippen LogP contribution in [0.4, 0.5) is 0 Å². The van der Waals surface area contributed by atoms with Gasteiger partial charge in [0.1, 0.15) is 0 Å². The molecule has 0 aliphatic carbocycles. The highest BCUT2D eigenvalue weighted by atomic mass is 16.5. The molecule has 0 radical (unpaired) electrons. The van der Waals surface area contributed by atoms with E-state index < -0.39 is 5.54 Å². The summed E-state index contributed by atoms with van der Waals surface area (Å²) in [5.41, 5.74) is -0.449. The first-order chi connectivity index (χ1) is 9.01. The average molecular weight is 269 g/mol. The Morgan fingerprint density at radius 1 is 1.42 bits per heavy atom. The van der Waals surface area contributed by atoms with E-state index in [4.69, 9.17) is 4.74 Å². The van der Waals surface area contributed by atoms with Gasteiger partial charge in [-0.3, -0.25) is 9.69 Å². The van der Waals surface area contributed by atoms with Crippen molar-refractivity contribution in [3.05, 3.63) is 0 Å². The Bertz CT molecular complexity index is 308. The molecule has 2 saturated heterocycles. The van der Waals surface area contributed by atoms with Crippen LogP contribution in [0.1, 0.15) is 33.6 Å². The maximum absolute atomic E-state index is 12.5. The summed E-state index contributed by atoms with van der Waals surface area (Å²) in [6, 6.07) is 0.0946. The SMILES string of the molecule is CC(NC(=O)C(C)(C)N1CCNCC1)C1CCCO1. The normalized spacial score (nSPS) is 27.2. The van der Waals surface area contributed by atoms with Crippen LogP contribution in [0.15, 0.2) is 0 Å². The molecule has 2 atom stereocenters. The Hall–Kier alpha value is -0.650. The van der Waals surface area contributed by atoms with E-state index in [-0.39, 0.29) is 18.1 Å². The van der Waals surface area contributed by atoms with Crippen molar-refractivity contribution in [2.45, 2.75) is 51.3 Å². The van der Waals surface area contributed by atoms with E-state index in [0.717, 1.165) is 45.6 Å². The van der Waals surface area contributed by atoms with E-state index >= 15 is 0 Å². The first-order valence-corrected chi connectivity index (χ1v) is 7.40. The molecule has 2 unspecified atom stereocenters. The van der Waals surface area contributed by atoms with E-state index in [1.54, 1.807) is 0 Å². The number of hydrogen-bond donors (Lipinski definition) is 2. The molecule has 0 aromatic rings. The number of carbonyl (C=O) groups excluding carboxylic acids is 1. The van der Waals surface area contributed by atoms with Crippen LogP contribution < -0.4 is 10.6 Å². The van der Waals surface area contributed by atoms with Gasteiger partial charge in [-0.25, -0.2) is 0 Å². The summed E-state index contributed by atoms with van der Waals surface area (Å²) >= 11 is 0. The Labute approximate surface area is 116 Å². The largest absolute Gasteiger partial charge is 0.376 e. The van der Waals surface area contributed by atoms with Gasteiger partial charge in [0.25, 0.3) is 0 Å². The van der Waals surface area contributed by atoms with Gasteiger partial charge in [-0.1, -0.05) is 0 Å². The molecule has 0 aromatic carbocycles. The number of nitrogens with zero attached hydrogens (tertiary/aromatic N) is 1. The Kier molecular flexibility index (Phi) is 4.81. The van der Waals surface area contributed by atoms with Crippen molar-refractivity contribution >= 4 is 5.91 Å². The number of hydrogen-bond acceptors (Lipinski definition) is 4. The van der Waals surface area contributed by atoms with Crippen LogP contribution >= 0.6 is 0 Å². The third-order valence-corrected chi connectivity index (χ3v) is 4.34. The van der Waals surface area contributed by atoms with Crippen molar-refractivity contribution in [3.8, 4) is 0 Å². The molecular formula is C14H27N3O2. The molecule has 0 saturated carbocycles. The second-order valence-corrected chi connectivity index (χ2v) is 6.11. The third-order valence-electron chi connectivity index (χ3n) is 4.34. The summed E-state index contributed by atoms with van der Waals surface area (Å²) in [5, 5.41) is 6.45. The predicted molar refractivity (Wildman–Crippen MR) is 75.1 cm³/mol. The van der Waals surface area contributed by atoms with E-state index in [1.807, 2.05) is 20.8 Å². The Balaban J connectivity index is 1.89. The topological polar surface area (TPSA) is 53.6 Å². The number of ether oxygens (including phenoxy) is 1. The lowest BCUT2D eigenvalue weighted by Crippen LogP contribution is -2.61. The molecule has 0 bridgehead atoms. The summed E-state index contributed by atoms with van der Waals surface area (Å²) in [6.07, 6.45) is 2.34. The second-order valence-electron chi connectivity index (χ2n) is 6.11. The maximum atomic E-state index is 12.5. The maximum Gasteiger partial charge on any atom is 0.240 e. The van der Waals surface area contributed by atoms with Gasteiger partial charge >= 0.3 is 0 Å². The zero-order valence-corrected chi connectivity index (χ0v) is 12.4. The molecular weight excluding hydrogens is 242 g/mol. The number of carbonyl (C=O) groups is 1. The van der Waals surface area contributed by atoms with Gasteiger partial charge in [0.2, 0.25) is 5.91 Å². The van der Waals surface area contributed by atoms with Crippen LogP contribution in [-0.2, 0) is 9.53 Å². The lowest BCUT2D eigenvalue weighted by molar-refractivity contribution is -0.133. The first kappa shape index (κ1) is 14.8. The molecule has 2 heterocycles. The van der Waals surface area contributed by atoms with Crippen molar-refractivity contribution in [3.63, 3.8) is 0 Å². The zero-order valence-electron chi connectivity index (χ0n) is 12.4. The van der Waals surface area contributed by atoms with Crippen molar-refractivity contribution in [1.29, 1.82) is 0 Å². The number of piperazine rings is 1. The summed E-state index contributed by atoms with van der Waals surface area (Å²) in [5.74, 6) is 0.109. The molecule has 1 amide bonds. The van der Waals surface area contributed by atoms with Crippen molar-refractivity contribution in [1.82, 2.24) is 15.5 Å². The molecule has 2 rings (SSSR count). The van der Waals surface area contributed by atoms with Gasteiger partial charge in [-0.15, -0.1) is 0 Å². The van der Waals surface area contributed by atoms with Gasteiger partial charge in [-0.2, -0.15) is 0 Å². The van der Waals surface area contributed by atoms with Crippen molar-refractivity contribution in [2.75, 3.05) is 32.8 Å². The zero-order chi connectivity index (χ0) is 13.9. The van der Waals surface area contributed by atoms with Crippen LogP contribution in [0.2, 0.25) is 0 Å². The molecule has 110 valence electrons. The fourth-order valence-electron chi connectivity index (χ4n) is 2.84. The molecule has 2 N–H and O–H groups in total. The van der Waals surface area contributed by atoms with E-state index in [2.05, 4.69) is 15.5 Å². The standard InChI is InChI=1S/C14H27N3O2/c1-11(12-5-4-10-19-12)16-13(18)14(2,3)17-8-6-15-7-9-17/h11-12,15H,4-10H2,1-3H3,(H,16,18). The Morgan fingerprint density at radius 3 is 2.68 bits per heavy atom. The van der Waals surface area contributed by atoms with E-state index in [0.29, 0.717) is 0 Å². The average Bonchev–Trinajstić information content (AvgIpc) is 2.93. The fourth-order valence-corrected chi connectivity index (χ4v) is 2.84. The third kappa shape index (κ3) is 3.46. The molecule has 2 fully saturated rings. The van der Waals surface area contributed by atoms with Crippen LogP contribution in [0.25, 0.3) is 0 Å². The van der Waals surface area contributed by atoms with Crippen molar-refractivity contribution in [2.24, 2.45) is 0 Å². The number of amides is 1. The van der Waals surface area contributed by atoms with Gasteiger partial charge < -0.3 is 15.4 Å². The minimum atomic E-state index is -0.449. The number of rotatable bonds is 4. The van der Waals surface area contributed by atoms with Gasteiger partial charge in [0.15, 0.2) is 0 Å². The van der Waals surface area contributed by atoms with Crippen molar-refractivity contribution < 1.29 is 9.53 Å². The lowest BCUT2D eigenvalue weighted by Gasteiger charge is -2.40. The van der Waals surface area contributed by atoms with Gasteiger partial charge in [0.05, 0.1) is 17.7 Å². The fraction of sp³-hybridized carbons (Fsp3) is 0.929. The molecule has 2 aliphatic heterocycles. The summed E-state index contributed by atoms with van der Waals surface area (Å²) in [4.78, 5) is 14.8. The van der Waals surface area contributed by atoms with Crippen LogP contribution in [0.3, 0.4) is 0 Å². The van der Waals surface area contributed by atoms with Gasteiger partial charge in [0, 0.05) is 32.8 Å². The molecule has 0 aromatic heterocycles. The predicted octanol–water partition coefficient (Wildman–Crippen LogP) is 0.354. The Morgan fingerprint density at radius 2 is 2.11 bits per heavy atom. The minimum Gasteiger partial charge on any atom is -0.376 e. The summed E-state index contributed by atoms with van der Waals surface area (Å²) in [7, 11) is 0. The molecule has 5 heteroatoms. The molecule has 19 heavy (non-hydrogen) atoms. The summed E-state index contributed by atoms with van der Waals surface area (Å²) < 4.78 is 5.64. The quantitative estimate of drug-likeness (QED) is 0.773. The minimum absolute atomic E-state index is 0.0946.